The van der Waals surface area contributed by atoms with E-state index in [1.807, 2.05) is 13.8 Å². The molecular formula is C14H20N2O4. The van der Waals surface area contributed by atoms with Crippen molar-refractivity contribution in [2.75, 3.05) is 13.1 Å². The predicted octanol–water partition coefficient (Wildman–Crippen LogP) is 2.40. The average molecular weight is 280 g/mol. The van der Waals surface area contributed by atoms with Crippen LogP contribution >= 0.6 is 0 Å². The van der Waals surface area contributed by atoms with Crippen molar-refractivity contribution in [3.63, 3.8) is 0 Å². The highest BCUT2D eigenvalue weighted by atomic mass is 16.6. The lowest BCUT2D eigenvalue weighted by Gasteiger charge is -2.29. The molecule has 0 bridgehead atoms. The summed E-state index contributed by atoms with van der Waals surface area (Å²) in [5.41, 5.74) is 0. The molecule has 1 amide bonds. The Morgan fingerprint density at radius 1 is 1.35 bits per heavy atom. The Labute approximate surface area is 118 Å². The predicted molar refractivity (Wildman–Crippen MR) is 73.5 cm³/mol. The number of hydrogen-bond donors (Lipinski definition) is 1. The van der Waals surface area contributed by atoms with Gasteiger partial charge in [0.15, 0.2) is 5.75 Å². The number of carboxylic acid groups (broad SMARTS) is 1. The first-order valence-corrected chi connectivity index (χ1v) is 6.76. The van der Waals surface area contributed by atoms with Gasteiger partial charge in [-0.3, -0.25) is 9.78 Å². The van der Waals surface area contributed by atoms with Crippen LogP contribution in [-0.2, 0) is 4.79 Å². The molecule has 2 heterocycles. The van der Waals surface area contributed by atoms with Crippen molar-refractivity contribution in [1.29, 1.82) is 0 Å². The molecule has 0 aromatic carbocycles. The SMILES string of the molecule is CC.O=C(O)C1CCN(C(=O)Oc2cccnc2)CC1. The lowest BCUT2D eigenvalue weighted by Crippen LogP contribution is -2.41. The second-order valence-electron chi connectivity index (χ2n) is 4.16. The van der Waals surface area contributed by atoms with Crippen LogP contribution in [0.25, 0.3) is 0 Å². The molecule has 6 heteroatoms. The summed E-state index contributed by atoms with van der Waals surface area (Å²) in [6, 6.07) is 3.33. The molecule has 1 aliphatic rings. The fraction of sp³-hybridized carbons (Fsp3) is 0.500. The zero-order chi connectivity index (χ0) is 15.0. The van der Waals surface area contributed by atoms with Gasteiger partial charge in [0.25, 0.3) is 0 Å². The number of ether oxygens (including phenoxy) is 1. The van der Waals surface area contributed by atoms with Gasteiger partial charge in [0.2, 0.25) is 0 Å². The molecule has 0 unspecified atom stereocenters. The van der Waals surface area contributed by atoms with Gasteiger partial charge in [-0.15, -0.1) is 0 Å². The van der Waals surface area contributed by atoms with Crippen LogP contribution in [0.4, 0.5) is 4.79 Å². The lowest BCUT2D eigenvalue weighted by molar-refractivity contribution is -0.143. The van der Waals surface area contributed by atoms with E-state index < -0.39 is 12.1 Å². The van der Waals surface area contributed by atoms with Gasteiger partial charge >= 0.3 is 12.1 Å². The third-order valence-electron chi connectivity index (χ3n) is 2.94. The number of aromatic nitrogens is 1. The molecule has 1 aliphatic heterocycles. The molecule has 0 radical (unpaired) electrons. The topological polar surface area (TPSA) is 79.7 Å². The molecule has 0 spiro atoms. The number of pyridine rings is 1. The zero-order valence-electron chi connectivity index (χ0n) is 11.8. The van der Waals surface area contributed by atoms with Crippen LogP contribution in [0.5, 0.6) is 5.75 Å². The maximum atomic E-state index is 11.8. The number of rotatable bonds is 2. The van der Waals surface area contributed by atoms with Crippen molar-refractivity contribution in [2.45, 2.75) is 26.7 Å². The number of aliphatic carboxylic acids is 1. The molecule has 1 fully saturated rings. The van der Waals surface area contributed by atoms with Crippen molar-refractivity contribution >= 4 is 12.1 Å². The minimum atomic E-state index is -0.796. The second kappa shape index (κ2) is 8.14. The first kappa shape index (κ1) is 15.9. The normalized spacial score (nSPS) is 15.0. The fourth-order valence-electron chi connectivity index (χ4n) is 1.88. The lowest BCUT2D eigenvalue weighted by atomic mass is 9.97. The Morgan fingerprint density at radius 3 is 2.50 bits per heavy atom. The Bertz CT molecular complexity index is 428. The van der Waals surface area contributed by atoms with E-state index in [2.05, 4.69) is 4.98 Å². The van der Waals surface area contributed by atoms with Crippen molar-refractivity contribution in [2.24, 2.45) is 5.92 Å². The maximum Gasteiger partial charge on any atom is 0.415 e. The third kappa shape index (κ3) is 4.53. The minimum absolute atomic E-state index is 0.354. The van der Waals surface area contributed by atoms with E-state index >= 15 is 0 Å². The number of hydrogen-bond acceptors (Lipinski definition) is 4. The number of piperidine rings is 1. The Morgan fingerprint density at radius 2 is 2.00 bits per heavy atom. The van der Waals surface area contributed by atoms with E-state index in [0.29, 0.717) is 31.7 Å². The van der Waals surface area contributed by atoms with Crippen LogP contribution in [0.2, 0.25) is 0 Å². The van der Waals surface area contributed by atoms with Crippen molar-refractivity contribution in [1.82, 2.24) is 9.88 Å². The number of nitrogens with zero attached hydrogens (tertiary/aromatic N) is 2. The summed E-state index contributed by atoms with van der Waals surface area (Å²) in [4.78, 5) is 27.9. The Kier molecular flexibility index (Phi) is 6.49. The summed E-state index contributed by atoms with van der Waals surface area (Å²) in [5, 5.41) is 8.86. The number of likely N-dealkylation sites (tertiary alicyclic amines) is 1. The van der Waals surface area contributed by atoms with Gasteiger partial charge in [0.1, 0.15) is 0 Å². The zero-order valence-corrected chi connectivity index (χ0v) is 11.8. The molecular weight excluding hydrogens is 260 g/mol. The highest BCUT2D eigenvalue weighted by Crippen LogP contribution is 2.18. The smallest absolute Gasteiger partial charge is 0.415 e. The monoisotopic (exact) mass is 280 g/mol. The molecule has 1 saturated heterocycles. The fourth-order valence-corrected chi connectivity index (χ4v) is 1.88. The molecule has 2 rings (SSSR count). The van der Waals surface area contributed by atoms with E-state index in [0.717, 1.165) is 0 Å². The highest BCUT2D eigenvalue weighted by molar-refractivity contribution is 5.72. The third-order valence-corrected chi connectivity index (χ3v) is 2.94. The van der Waals surface area contributed by atoms with E-state index in [4.69, 9.17) is 9.84 Å². The number of carbonyl (C=O) groups excluding carboxylic acids is 1. The van der Waals surface area contributed by atoms with Crippen LogP contribution in [0.3, 0.4) is 0 Å². The van der Waals surface area contributed by atoms with E-state index in [9.17, 15) is 9.59 Å². The molecule has 0 saturated carbocycles. The van der Waals surface area contributed by atoms with Crippen molar-refractivity contribution in [3.05, 3.63) is 24.5 Å². The van der Waals surface area contributed by atoms with Gasteiger partial charge in [-0.05, 0) is 25.0 Å². The van der Waals surface area contributed by atoms with E-state index in [1.165, 1.54) is 11.1 Å². The first-order chi connectivity index (χ1) is 9.66. The quantitative estimate of drug-likeness (QED) is 0.899. The van der Waals surface area contributed by atoms with Crippen molar-refractivity contribution < 1.29 is 19.4 Å². The molecule has 1 aromatic heterocycles. The Balaban J connectivity index is 0.000000956. The van der Waals surface area contributed by atoms with E-state index in [1.54, 1.807) is 18.3 Å². The number of carbonyl (C=O) groups is 2. The summed E-state index contributed by atoms with van der Waals surface area (Å²) in [6.45, 7) is 4.83. The summed E-state index contributed by atoms with van der Waals surface area (Å²) in [6.07, 6.45) is 3.54. The average Bonchev–Trinajstić information content (AvgIpc) is 2.50. The molecule has 110 valence electrons. The van der Waals surface area contributed by atoms with Gasteiger partial charge in [0.05, 0.1) is 12.1 Å². The second-order valence-corrected chi connectivity index (χ2v) is 4.16. The minimum Gasteiger partial charge on any atom is -0.481 e. The molecule has 1 N–H and O–H groups in total. The van der Waals surface area contributed by atoms with Gasteiger partial charge in [-0.2, -0.15) is 0 Å². The van der Waals surface area contributed by atoms with Crippen LogP contribution in [-0.4, -0.2) is 40.1 Å². The van der Waals surface area contributed by atoms with Crippen LogP contribution in [0.1, 0.15) is 26.7 Å². The molecule has 0 aliphatic carbocycles. The van der Waals surface area contributed by atoms with Gasteiger partial charge < -0.3 is 14.7 Å². The number of amides is 1. The summed E-state index contributed by atoms with van der Waals surface area (Å²) in [7, 11) is 0. The highest BCUT2D eigenvalue weighted by Gasteiger charge is 2.27. The van der Waals surface area contributed by atoms with Gasteiger partial charge in [-0.1, -0.05) is 13.8 Å². The molecule has 0 atom stereocenters. The number of carboxylic acids is 1. The van der Waals surface area contributed by atoms with Crippen molar-refractivity contribution in [3.8, 4) is 5.75 Å². The molecule has 1 aromatic rings. The van der Waals surface area contributed by atoms with Gasteiger partial charge in [-0.25, -0.2) is 4.79 Å². The van der Waals surface area contributed by atoms with Crippen LogP contribution < -0.4 is 4.74 Å². The van der Waals surface area contributed by atoms with Crippen LogP contribution in [0, 0.1) is 5.92 Å². The maximum absolute atomic E-state index is 11.8. The molecule has 6 nitrogen and oxygen atoms in total. The van der Waals surface area contributed by atoms with E-state index in [-0.39, 0.29) is 5.92 Å². The summed E-state index contributed by atoms with van der Waals surface area (Å²) < 4.78 is 5.13. The largest absolute Gasteiger partial charge is 0.481 e. The summed E-state index contributed by atoms with van der Waals surface area (Å²) in [5.74, 6) is -0.759. The Hall–Kier alpha value is -2.11. The standard InChI is InChI=1S/C12H14N2O4.C2H6/c15-11(16)9-3-6-14(7-4-9)12(17)18-10-2-1-5-13-8-10;1-2/h1-2,5,8-9H,3-4,6-7H2,(H,15,16);1-2H3. The first-order valence-electron chi connectivity index (χ1n) is 6.76. The van der Waals surface area contributed by atoms with Crippen LogP contribution in [0.15, 0.2) is 24.5 Å². The summed E-state index contributed by atoms with van der Waals surface area (Å²) >= 11 is 0. The molecule has 20 heavy (non-hydrogen) atoms. The van der Waals surface area contributed by atoms with Gasteiger partial charge in [0, 0.05) is 19.3 Å².